The molecule has 0 aliphatic heterocycles. The number of hydrogen-bond acceptors (Lipinski definition) is 3. The zero-order chi connectivity index (χ0) is 13.4. The smallest absolute Gasteiger partial charge is 0.148 e. The average molecular weight is 467 g/mol. The fraction of sp³-hybridized carbons (Fsp3) is 0. The molecule has 1 aromatic carbocycles. The first kappa shape index (κ1) is 13.7. The SMILES string of the molecule is Clc1cncc(-c2nn(PI)c3ccc(Br)cc23)n1. The molecule has 96 valence electrons. The normalized spacial score (nSPS) is 11.7. The molecule has 1 atom stereocenters. The predicted octanol–water partition coefficient (Wildman–Crippen LogP) is 4.70. The van der Waals surface area contributed by atoms with Crippen molar-refractivity contribution in [2.24, 2.45) is 0 Å². The Kier molecular flexibility index (Phi) is 4.03. The Morgan fingerprint density at radius 1 is 1.32 bits per heavy atom. The first-order valence-corrected chi connectivity index (χ1v) is 10.4. The Morgan fingerprint density at radius 2 is 2.16 bits per heavy atom. The standard InChI is InChI=1S/C11H6BrClIN4P/c12-6-1-2-9-7(3-6)11(17-18(9)19-14)8-4-15-5-10(13)16-8/h1-5,19H. The van der Waals surface area contributed by atoms with Gasteiger partial charge in [0.2, 0.25) is 0 Å². The van der Waals surface area contributed by atoms with Gasteiger partial charge in [-0.05, 0) is 40.2 Å². The van der Waals surface area contributed by atoms with Gasteiger partial charge in [-0.15, -0.1) is 0 Å². The van der Waals surface area contributed by atoms with E-state index in [0.29, 0.717) is 17.2 Å². The lowest BCUT2D eigenvalue weighted by Crippen LogP contribution is -1.88. The second-order valence-electron chi connectivity index (χ2n) is 3.73. The van der Waals surface area contributed by atoms with Gasteiger partial charge in [-0.25, -0.2) is 9.44 Å². The molecule has 1 unspecified atom stereocenters. The van der Waals surface area contributed by atoms with Crippen molar-refractivity contribution >= 4 is 66.8 Å². The van der Waals surface area contributed by atoms with Gasteiger partial charge in [0.15, 0.2) is 0 Å². The van der Waals surface area contributed by atoms with Crippen LogP contribution in [0.3, 0.4) is 0 Å². The van der Waals surface area contributed by atoms with Gasteiger partial charge in [0.1, 0.15) is 16.5 Å². The first-order chi connectivity index (χ1) is 9.19. The Morgan fingerprint density at radius 3 is 2.89 bits per heavy atom. The molecule has 0 spiro atoms. The molecule has 0 saturated carbocycles. The van der Waals surface area contributed by atoms with E-state index in [1.54, 1.807) is 6.20 Å². The Labute approximate surface area is 137 Å². The van der Waals surface area contributed by atoms with E-state index >= 15 is 0 Å². The van der Waals surface area contributed by atoms with E-state index in [2.05, 4.69) is 53.0 Å². The van der Waals surface area contributed by atoms with Crippen LogP contribution in [0.5, 0.6) is 0 Å². The molecule has 8 heteroatoms. The van der Waals surface area contributed by atoms with Crippen molar-refractivity contribution < 1.29 is 0 Å². The van der Waals surface area contributed by atoms with Crippen molar-refractivity contribution in [1.82, 2.24) is 19.5 Å². The fourth-order valence-corrected chi connectivity index (χ4v) is 3.84. The van der Waals surface area contributed by atoms with Crippen LogP contribution in [0.2, 0.25) is 5.15 Å². The molecule has 4 nitrogen and oxygen atoms in total. The van der Waals surface area contributed by atoms with E-state index in [0.717, 1.165) is 21.1 Å². The van der Waals surface area contributed by atoms with Crippen molar-refractivity contribution in [1.29, 1.82) is 0 Å². The van der Waals surface area contributed by atoms with Gasteiger partial charge in [-0.1, -0.05) is 27.5 Å². The maximum atomic E-state index is 5.90. The van der Waals surface area contributed by atoms with Gasteiger partial charge in [0.05, 0.1) is 24.3 Å². The first-order valence-electron chi connectivity index (χ1n) is 5.22. The van der Waals surface area contributed by atoms with Crippen molar-refractivity contribution in [3.05, 3.63) is 40.2 Å². The molecular formula is C11H6BrClIN4P. The van der Waals surface area contributed by atoms with E-state index in [4.69, 9.17) is 11.6 Å². The van der Waals surface area contributed by atoms with Crippen LogP contribution in [0.25, 0.3) is 22.3 Å². The highest BCUT2D eigenvalue weighted by molar-refractivity contribution is 14.2. The molecule has 3 rings (SSSR count). The third-order valence-corrected chi connectivity index (χ3v) is 5.12. The third-order valence-electron chi connectivity index (χ3n) is 2.57. The fourth-order valence-electron chi connectivity index (χ4n) is 1.80. The third kappa shape index (κ3) is 2.63. The summed E-state index contributed by atoms with van der Waals surface area (Å²) >= 11 is 11.7. The Balaban J connectivity index is 2.31. The quantitative estimate of drug-likeness (QED) is 0.406. The van der Waals surface area contributed by atoms with E-state index < -0.39 is 0 Å². The molecule has 19 heavy (non-hydrogen) atoms. The monoisotopic (exact) mass is 466 g/mol. The summed E-state index contributed by atoms with van der Waals surface area (Å²) in [6, 6.07) is 6.08. The summed E-state index contributed by atoms with van der Waals surface area (Å²) in [5, 5.41) is 6.00. The highest BCUT2D eigenvalue weighted by Crippen LogP contribution is 2.35. The Hall–Kier alpha value is -0.300. The number of rotatable bonds is 2. The van der Waals surface area contributed by atoms with Crippen LogP contribution in [0.15, 0.2) is 35.1 Å². The lowest BCUT2D eigenvalue weighted by Gasteiger charge is -1.97. The van der Waals surface area contributed by atoms with Gasteiger partial charge in [-0.2, -0.15) is 5.10 Å². The second-order valence-corrected chi connectivity index (χ2v) is 7.08. The van der Waals surface area contributed by atoms with E-state index in [1.165, 1.54) is 6.20 Å². The molecule has 0 aliphatic carbocycles. The summed E-state index contributed by atoms with van der Waals surface area (Å²) in [7, 11) is 0. The number of halogens is 3. The van der Waals surface area contributed by atoms with Gasteiger partial charge in [-0.3, -0.25) is 4.98 Å². The number of fused-ring (bicyclic) bond motifs is 1. The van der Waals surface area contributed by atoms with Crippen LogP contribution < -0.4 is 0 Å². The van der Waals surface area contributed by atoms with E-state index in [-0.39, 0.29) is 0 Å². The summed E-state index contributed by atoms with van der Waals surface area (Å²) in [5.41, 5.74) is 2.56. The molecule has 0 fully saturated rings. The highest BCUT2D eigenvalue weighted by Gasteiger charge is 2.14. The molecule has 0 bridgehead atoms. The minimum atomic E-state index is 0.368. The lowest BCUT2D eigenvalue weighted by molar-refractivity contribution is 1.03. The van der Waals surface area contributed by atoms with Gasteiger partial charge < -0.3 is 0 Å². The summed E-state index contributed by atoms with van der Waals surface area (Å²) in [6.45, 7) is 0. The maximum absolute atomic E-state index is 5.90. The Bertz CT molecular complexity index is 764. The van der Waals surface area contributed by atoms with Crippen LogP contribution in [-0.4, -0.2) is 19.5 Å². The topological polar surface area (TPSA) is 43.6 Å². The number of hydrogen-bond donors (Lipinski definition) is 0. The van der Waals surface area contributed by atoms with Crippen LogP contribution in [0.1, 0.15) is 0 Å². The molecular weight excluding hydrogens is 461 g/mol. The van der Waals surface area contributed by atoms with E-state index in [1.807, 2.05) is 22.7 Å². The number of benzene rings is 1. The van der Waals surface area contributed by atoms with E-state index in [9.17, 15) is 0 Å². The van der Waals surface area contributed by atoms with Crippen molar-refractivity contribution in [2.75, 3.05) is 0 Å². The molecule has 0 aliphatic rings. The predicted molar refractivity (Wildman–Crippen MR) is 91.2 cm³/mol. The molecule has 2 aromatic heterocycles. The second kappa shape index (κ2) is 5.60. The highest BCUT2D eigenvalue weighted by atomic mass is 127. The van der Waals surface area contributed by atoms with Crippen LogP contribution in [-0.2, 0) is 0 Å². The van der Waals surface area contributed by atoms with Gasteiger partial charge in [0, 0.05) is 9.86 Å². The average Bonchev–Trinajstić information content (AvgIpc) is 2.76. The largest absolute Gasteiger partial charge is 0.259 e. The summed E-state index contributed by atoms with van der Waals surface area (Å²) in [4.78, 5) is 8.35. The van der Waals surface area contributed by atoms with Crippen molar-refractivity contribution in [3.8, 4) is 11.4 Å². The molecule has 2 heterocycles. The van der Waals surface area contributed by atoms with Gasteiger partial charge in [0.25, 0.3) is 0 Å². The zero-order valence-electron chi connectivity index (χ0n) is 9.31. The molecule has 0 radical (unpaired) electrons. The molecule has 3 aromatic rings. The van der Waals surface area contributed by atoms with Crippen molar-refractivity contribution in [2.45, 2.75) is 0 Å². The van der Waals surface area contributed by atoms with Crippen LogP contribution >= 0.6 is 55.9 Å². The molecule has 0 N–H and O–H groups in total. The molecule has 0 saturated heterocycles. The minimum Gasteiger partial charge on any atom is -0.259 e. The van der Waals surface area contributed by atoms with Crippen LogP contribution in [0.4, 0.5) is 0 Å². The minimum absolute atomic E-state index is 0.368. The summed E-state index contributed by atoms with van der Waals surface area (Å²) in [6.07, 6.45) is 3.71. The zero-order valence-corrected chi connectivity index (χ0v) is 14.8. The van der Waals surface area contributed by atoms with Crippen LogP contribution in [0, 0.1) is 0 Å². The maximum Gasteiger partial charge on any atom is 0.148 e. The van der Waals surface area contributed by atoms with Gasteiger partial charge >= 0.3 is 0 Å². The van der Waals surface area contributed by atoms with Crippen molar-refractivity contribution in [3.63, 3.8) is 0 Å². The number of nitrogens with zero attached hydrogens (tertiary/aromatic N) is 4. The summed E-state index contributed by atoms with van der Waals surface area (Å²) < 4.78 is 2.97. The number of aromatic nitrogens is 4. The lowest BCUT2D eigenvalue weighted by atomic mass is 10.2. The molecule has 0 amide bonds. The summed E-state index contributed by atoms with van der Waals surface area (Å²) in [5.74, 6) is 0.